The molecule has 0 saturated heterocycles. The van der Waals surface area contributed by atoms with E-state index in [1.54, 1.807) is 6.92 Å². The Morgan fingerprint density at radius 2 is 2.21 bits per heavy atom. The number of hydrogen-bond donors (Lipinski definition) is 1. The molecule has 0 aliphatic heterocycles. The average molecular weight is 269 g/mol. The fourth-order valence-electron chi connectivity index (χ4n) is 1.90. The van der Waals surface area contributed by atoms with E-state index in [0.29, 0.717) is 0 Å². The second kappa shape index (κ2) is 4.83. The molecule has 2 rings (SSSR count). The van der Waals surface area contributed by atoms with Crippen molar-refractivity contribution in [3.8, 4) is 0 Å². The maximum atomic E-state index is 13.8. The standard InChI is InChI=1S/C12H13F2N3O2/c1-3-19-11(18)6(2)17-10-8(16-12(17)15)5-4-7(13)9(10)14/h4-6H,3H2,1-2H3,(H2,15,16). The maximum Gasteiger partial charge on any atom is 0.328 e. The summed E-state index contributed by atoms with van der Waals surface area (Å²) in [4.78, 5) is 15.6. The Morgan fingerprint density at radius 1 is 1.53 bits per heavy atom. The van der Waals surface area contributed by atoms with Crippen LogP contribution in [-0.4, -0.2) is 22.1 Å². The number of esters is 1. The molecule has 2 aromatic rings. The number of nitrogens with two attached hydrogens (primary N) is 1. The van der Waals surface area contributed by atoms with Crippen LogP contribution >= 0.6 is 0 Å². The number of ether oxygens (including phenoxy) is 1. The Morgan fingerprint density at radius 3 is 2.84 bits per heavy atom. The number of carbonyl (C=O) groups excluding carboxylic acids is 1. The Labute approximate surface area is 108 Å². The summed E-state index contributed by atoms with van der Waals surface area (Å²) in [6.07, 6.45) is 0. The molecule has 1 heterocycles. The molecule has 0 saturated carbocycles. The van der Waals surface area contributed by atoms with E-state index < -0.39 is 23.6 Å². The molecule has 7 heteroatoms. The van der Waals surface area contributed by atoms with Gasteiger partial charge in [-0.1, -0.05) is 0 Å². The van der Waals surface area contributed by atoms with Crippen molar-refractivity contribution < 1.29 is 18.3 Å². The SMILES string of the molecule is CCOC(=O)C(C)n1c(N)nc2ccc(F)c(F)c21. The van der Waals surface area contributed by atoms with E-state index in [1.807, 2.05) is 0 Å². The first-order valence-corrected chi connectivity index (χ1v) is 5.75. The second-order valence-electron chi connectivity index (χ2n) is 4.00. The van der Waals surface area contributed by atoms with E-state index in [2.05, 4.69) is 4.98 Å². The summed E-state index contributed by atoms with van der Waals surface area (Å²) in [5, 5.41) is 0. The van der Waals surface area contributed by atoms with Gasteiger partial charge in [0.05, 0.1) is 12.1 Å². The predicted molar refractivity (Wildman–Crippen MR) is 65.4 cm³/mol. The lowest BCUT2D eigenvalue weighted by Crippen LogP contribution is -2.21. The Bertz CT molecular complexity index is 639. The number of nitrogens with zero attached hydrogens (tertiary/aromatic N) is 2. The number of rotatable bonds is 3. The van der Waals surface area contributed by atoms with Crippen LogP contribution in [0.25, 0.3) is 11.0 Å². The van der Waals surface area contributed by atoms with Gasteiger partial charge in [-0.2, -0.15) is 0 Å². The van der Waals surface area contributed by atoms with Crippen LogP contribution in [0.4, 0.5) is 14.7 Å². The third kappa shape index (κ3) is 2.11. The fourth-order valence-corrected chi connectivity index (χ4v) is 1.90. The highest BCUT2D eigenvalue weighted by Gasteiger charge is 2.24. The quantitative estimate of drug-likeness (QED) is 0.865. The van der Waals surface area contributed by atoms with Crippen molar-refractivity contribution in [3.63, 3.8) is 0 Å². The van der Waals surface area contributed by atoms with Gasteiger partial charge in [-0.25, -0.2) is 18.6 Å². The summed E-state index contributed by atoms with van der Waals surface area (Å²) in [5.74, 6) is -2.76. The predicted octanol–water partition coefficient (Wildman–Crippen LogP) is 2.02. The summed E-state index contributed by atoms with van der Waals surface area (Å²) < 4.78 is 33.1. The molecule has 1 atom stereocenters. The summed E-state index contributed by atoms with van der Waals surface area (Å²) in [6, 6.07) is 1.38. The molecule has 5 nitrogen and oxygen atoms in total. The van der Waals surface area contributed by atoms with E-state index in [0.717, 1.165) is 10.6 Å². The molecular weight excluding hydrogens is 256 g/mol. The number of halogens is 2. The molecule has 1 unspecified atom stereocenters. The molecule has 0 bridgehead atoms. The normalized spacial score (nSPS) is 12.6. The summed E-state index contributed by atoms with van der Waals surface area (Å²) >= 11 is 0. The topological polar surface area (TPSA) is 70.1 Å². The van der Waals surface area contributed by atoms with Gasteiger partial charge < -0.3 is 10.5 Å². The van der Waals surface area contributed by atoms with Gasteiger partial charge in [-0.05, 0) is 26.0 Å². The molecule has 0 aliphatic rings. The monoisotopic (exact) mass is 269 g/mol. The van der Waals surface area contributed by atoms with Crippen molar-refractivity contribution >= 4 is 23.0 Å². The van der Waals surface area contributed by atoms with Crippen molar-refractivity contribution in [2.75, 3.05) is 12.3 Å². The highest BCUT2D eigenvalue weighted by Crippen LogP contribution is 2.27. The zero-order chi connectivity index (χ0) is 14.2. The first-order valence-electron chi connectivity index (χ1n) is 5.75. The first-order chi connectivity index (χ1) is 8.97. The largest absolute Gasteiger partial charge is 0.464 e. The summed E-state index contributed by atoms with van der Waals surface area (Å²) in [6.45, 7) is 3.33. The molecule has 0 radical (unpaired) electrons. The number of anilines is 1. The van der Waals surface area contributed by atoms with E-state index in [-0.39, 0.29) is 23.6 Å². The highest BCUT2D eigenvalue weighted by atomic mass is 19.2. The lowest BCUT2D eigenvalue weighted by Gasteiger charge is -2.14. The van der Waals surface area contributed by atoms with Crippen LogP contribution in [0.5, 0.6) is 0 Å². The van der Waals surface area contributed by atoms with E-state index >= 15 is 0 Å². The molecule has 0 aliphatic carbocycles. The van der Waals surface area contributed by atoms with E-state index in [4.69, 9.17) is 10.5 Å². The number of benzene rings is 1. The molecule has 19 heavy (non-hydrogen) atoms. The minimum Gasteiger partial charge on any atom is -0.464 e. The summed E-state index contributed by atoms with van der Waals surface area (Å²) in [7, 11) is 0. The zero-order valence-corrected chi connectivity index (χ0v) is 10.5. The molecule has 102 valence electrons. The minimum atomic E-state index is -1.09. The van der Waals surface area contributed by atoms with E-state index in [1.165, 1.54) is 13.0 Å². The van der Waals surface area contributed by atoms with Crippen molar-refractivity contribution in [1.82, 2.24) is 9.55 Å². The summed E-state index contributed by atoms with van der Waals surface area (Å²) in [5.41, 5.74) is 5.71. The number of hydrogen-bond acceptors (Lipinski definition) is 4. The van der Waals surface area contributed by atoms with Gasteiger partial charge in [0.25, 0.3) is 0 Å². The van der Waals surface area contributed by atoms with Crippen LogP contribution in [0.2, 0.25) is 0 Å². The van der Waals surface area contributed by atoms with Gasteiger partial charge in [0, 0.05) is 0 Å². The molecule has 0 amide bonds. The third-order valence-corrected chi connectivity index (χ3v) is 2.79. The first kappa shape index (κ1) is 13.3. The number of nitrogen functional groups attached to an aromatic ring is 1. The average Bonchev–Trinajstić information content (AvgIpc) is 2.70. The second-order valence-corrected chi connectivity index (χ2v) is 4.00. The lowest BCUT2D eigenvalue weighted by atomic mass is 10.2. The Hall–Kier alpha value is -2.18. The van der Waals surface area contributed by atoms with Crippen molar-refractivity contribution in [2.24, 2.45) is 0 Å². The number of aromatic nitrogens is 2. The van der Waals surface area contributed by atoms with Gasteiger partial charge in [0.2, 0.25) is 5.95 Å². The van der Waals surface area contributed by atoms with E-state index in [9.17, 15) is 13.6 Å². The number of carbonyl (C=O) groups is 1. The van der Waals surface area contributed by atoms with Gasteiger partial charge in [0.15, 0.2) is 11.6 Å². The van der Waals surface area contributed by atoms with Crippen molar-refractivity contribution in [3.05, 3.63) is 23.8 Å². The number of fused-ring (bicyclic) bond motifs is 1. The van der Waals surface area contributed by atoms with Crippen LogP contribution < -0.4 is 5.73 Å². The Kier molecular flexibility index (Phi) is 3.37. The van der Waals surface area contributed by atoms with Crippen LogP contribution in [0.1, 0.15) is 19.9 Å². The van der Waals surface area contributed by atoms with Gasteiger partial charge >= 0.3 is 5.97 Å². The van der Waals surface area contributed by atoms with Crippen molar-refractivity contribution in [2.45, 2.75) is 19.9 Å². The maximum absolute atomic E-state index is 13.8. The molecule has 2 N–H and O–H groups in total. The van der Waals surface area contributed by atoms with Crippen LogP contribution in [0.15, 0.2) is 12.1 Å². The molecular formula is C12H13F2N3O2. The highest BCUT2D eigenvalue weighted by molar-refractivity contribution is 5.83. The third-order valence-electron chi connectivity index (χ3n) is 2.79. The fraction of sp³-hybridized carbons (Fsp3) is 0.333. The van der Waals surface area contributed by atoms with Gasteiger partial charge in [-0.3, -0.25) is 4.57 Å². The van der Waals surface area contributed by atoms with Crippen LogP contribution in [0.3, 0.4) is 0 Å². The zero-order valence-electron chi connectivity index (χ0n) is 10.5. The van der Waals surface area contributed by atoms with Crippen LogP contribution in [-0.2, 0) is 9.53 Å². The minimum absolute atomic E-state index is 0.0694. The molecule has 1 aromatic heterocycles. The lowest BCUT2D eigenvalue weighted by molar-refractivity contribution is -0.146. The molecule has 1 aromatic carbocycles. The van der Waals surface area contributed by atoms with Gasteiger partial charge in [-0.15, -0.1) is 0 Å². The Balaban J connectivity index is 2.62. The van der Waals surface area contributed by atoms with Gasteiger partial charge in [0.1, 0.15) is 11.6 Å². The van der Waals surface area contributed by atoms with Crippen molar-refractivity contribution in [1.29, 1.82) is 0 Å². The molecule has 0 fully saturated rings. The molecule has 0 spiro atoms. The van der Waals surface area contributed by atoms with Crippen LogP contribution in [0, 0.1) is 11.6 Å². The smallest absolute Gasteiger partial charge is 0.328 e. The number of imidazole rings is 1.